The van der Waals surface area contributed by atoms with Crippen LogP contribution < -0.4 is 10.1 Å². The Morgan fingerprint density at radius 1 is 1.00 bits per heavy atom. The zero-order valence-corrected chi connectivity index (χ0v) is 17.5. The Morgan fingerprint density at radius 2 is 1.77 bits per heavy atom. The predicted octanol–water partition coefficient (Wildman–Crippen LogP) is 4.69. The van der Waals surface area contributed by atoms with Crippen LogP contribution in [0.15, 0.2) is 73.1 Å². The molecular formula is C26H27N3O2. The standard InChI is InChI=1S/C26H27N3O2/c30-26(28-24-11-3-4-12-25(24)31-23-10-5-13-27-17-23)21-9-6-14-29(18-21)22-15-19-7-1-2-8-20(19)16-22/h1-5,7-8,10-13,17,21-22H,6,9,14-16,18H2,(H,28,30)/t21-/m0/s1. The van der Waals surface area contributed by atoms with Gasteiger partial charge in [-0.1, -0.05) is 36.4 Å². The highest BCUT2D eigenvalue weighted by Crippen LogP contribution is 2.31. The quantitative estimate of drug-likeness (QED) is 0.659. The number of aromatic nitrogens is 1. The number of nitrogens with one attached hydrogen (secondary N) is 1. The smallest absolute Gasteiger partial charge is 0.228 e. The Balaban J connectivity index is 1.24. The zero-order valence-electron chi connectivity index (χ0n) is 17.5. The van der Waals surface area contributed by atoms with Gasteiger partial charge in [0.2, 0.25) is 5.91 Å². The maximum Gasteiger partial charge on any atom is 0.228 e. The third-order valence-corrected chi connectivity index (χ3v) is 6.38. The van der Waals surface area contributed by atoms with Crippen LogP contribution in [-0.4, -0.2) is 34.9 Å². The average molecular weight is 414 g/mol. The second-order valence-corrected chi connectivity index (χ2v) is 8.44. The summed E-state index contributed by atoms with van der Waals surface area (Å²) >= 11 is 0. The van der Waals surface area contributed by atoms with Crippen molar-refractivity contribution >= 4 is 11.6 Å². The maximum absolute atomic E-state index is 13.1. The fourth-order valence-electron chi connectivity index (χ4n) is 4.77. The number of carbonyl (C=O) groups excluding carboxylic acids is 1. The number of nitrogens with zero attached hydrogens (tertiary/aromatic N) is 2. The monoisotopic (exact) mass is 413 g/mol. The molecular weight excluding hydrogens is 386 g/mol. The number of piperidine rings is 1. The van der Waals surface area contributed by atoms with E-state index in [9.17, 15) is 4.79 Å². The molecule has 0 radical (unpaired) electrons. The van der Waals surface area contributed by atoms with Gasteiger partial charge in [-0.3, -0.25) is 14.7 Å². The molecule has 31 heavy (non-hydrogen) atoms. The topological polar surface area (TPSA) is 54.5 Å². The Bertz CT molecular complexity index is 1030. The Morgan fingerprint density at radius 3 is 2.55 bits per heavy atom. The van der Waals surface area contributed by atoms with Crippen LogP contribution in [0.1, 0.15) is 24.0 Å². The number of amides is 1. The van der Waals surface area contributed by atoms with Crippen molar-refractivity contribution in [2.24, 2.45) is 5.92 Å². The molecule has 1 amide bonds. The first-order chi connectivity index (χ1) is 15.3. The molecule has 0 saturated carbocycles. The normalized spacial score (nSPS) is 19.0. The molecule has 1 atom stereocenters. The van der Waals surface area contributed by atoms with E-state index in [1.807, 2.05) is 36.4 Å². The summed E-state index contributed by atoms with van der Waals surface area (Å²) in [5, 5.41) is 3.12. The van der Waals surface area contributed by atoms with E-state index in [1.54, 1.807) is 12.4 Å². The summed E-state index contributed by atoms with van der Waals surface area (Å²) in [5.41, 5.74) is 3.61. The number of ether oxygens (including phenoxy) is 1. The van der Waals surface area contributed by atoms with Crippen molar-refractivity contribution in [1.29, 1.82) is 0 Å². The van der Waals surface area contributed by atoms with Gasteiger partial charge >= 0.3 is 0 Å². The summed E-state index contributed by atoms with van der Waals surface area (Å²) in [6.07, 6.45) is 7.53. The summed E-state index contributed by atoms with van der Waals surface area (Å²) in [7, 11) is 0. The first-order valence-corrected chi connectivity index (χ1v) is 11.0. The molecule has 0 unspecified atom stereocenters. The molecule has 2 aromatic carbocycles. The van der Waals surface area contributed by atoms with E-state index in [-0.39, 0.29) is 11.8 Å². The number of carbonyl (C=O) groups is 1. The lowest BCUT2D eigenvalue weighted by atomic mass is 9.95. The fourth-order valence-corrected chi connectivity index (χ4v) is 4.77. The lowest BCUT2D eigenvalue weighted by molar-refractivity contribution is -0.121. The Hall–Kier alpha value is -3.18. The lowest BCUT2D eigenvalue weighted by Gasteiger charge is -2.36. The summed E-state index contributed by atoms with van der Waals surface area (Å²) < 4.78 is 5.95. The van der Waals surface area contributed by atoms with Crippen LogP contribution in [-0.2, 0) is 17.6 Å². The second-order valence-electron chi connectivity index (χ2n) is 8.44. The van der Waals surface area contributed by atoms with Crippen molar-refractivity contribution in [1.82, 2.24) is 9.88 Å². The minimum absolute atomic E-state index is 0.0103. The number of anilines is 1. The number of hydrogen-bond donors (Lipinski definition) is 1. The van der Waals surface area contributed by atoms with Crippen LogP contribution in [0.25, 0.3) is 0 Å². The van der Waals surface area contributed by atoms with E-state index >= 15 is 0 Å². The average Bonchev–Trinajstić information content (AvgIpc) is 3.26. The molecule has 158 valence electrons. The van der Waals surface area contributed by atoms with Gasteiger partial charge in [0.1, 0.15) is 5.75 Å². The van der Waals surface area contributed by atoms with Crippen molar-refractivity contribution < 1.29 is 9.53 Å². The number of hydrogen-bond acceptors (Lipinski definition) is 4. The molecule has 5 nitrogen and oxygen atoms in total. The third kappa shape index (κ3) is 4.47. The number of likely N-dealkylation sites (tertiary alicyclic amines) is 1. The van der Waals surface area contributed by atoms with Crippen LogP contribution in [0.3, 0.4) is 0 Å². The molecule has 3 aromatic rings. The number of para-hydroxylation sites is 2. The molecule has 1 fully saturated rings. The molecule has 1 aliphatic carbocycles. The van der Waals surface area contributed by atoms with Crippen LogP contribution >= 0.6 is 0 Å². The van der Waals surface area contributed by atoms with E-state index < -0.39 is 0 Å². The van der Waals surface area contributed by atoms with Crippen LogP contribution in [0.5, 0.6) is 11.5 Å². The van der Waals surface area contributed by atoms with Crippen LogP contribution in [0.2, 0.25) is 0 Å². The highest BCUT2D eigenvalue weighted by molar-refractivity contribution is 5.94. The van der Waals surface area contributed by atoms with Crippen molar-refractivity contribution in [2.45, 2.75) is 31.7 Å². The summed E-state index contributed by atoms with van der Waals surface area (Å²) in [6.45, 7) is 1.89. The van der Waals surface area contributed by atoms with E-state index in [0.29, 0.717) is 23.2 Å². The van der Waals surface area contributed by atoms with Gasteiger partial charge in [0.25, 0.3) is 0 Å². The molecule has 1 saturated heterocycles. The number of rotatable bonds is 5. The van der Waals surface area contributed by atoms with Gasteiger partial charge in [0, 0.05) is 18.8 Å². The van der Waals surface area contributed by atoms with Crippen molar-refractivity contribution in [3.63, 3.8) is 0 Å². The van der Waals surface area contributed by atoms with Gasteiger partial charge in [-0.25, -0.2) is 0 Å². The molecule has 1 aliphatic heterocycles. The summed E-state index contributed by atoms with van der Waals surface area (Å²) in [5.74, 6) is 1.34. The molecule has 2 aliphatic rings. The van der Waals surface area contributed by atoms with Gasteiger partial charge in [0.15, 0.2) is 5.75 Å². The van der Waals surface area contributed by atoms with Crippen molar-refractivity contribution in [2.75, 3.05) is 18.4 Å². The first-order valence-electron chi connectivity index (χ1n) is 11.0. The zero-order chi connectivity index (χ0) is 21.0. The van der Waals surface area contributed by atoms with E-state index in [0.717, 1.165) is 38.8 Å². The van der Waals surface area contributed by atoms with Gasteiger partial charge in [-0.15, -0.1) is 0 Å². The van der Waals surface area contributed by atoms with Crippen LogP contribution in [0.4, 0.5) is 5.69 Å². The number of fused-ring (bicyclic) bond motifs is 1. The summed E-state index contributed by atoms with van der Waals surface area (Å²) in [6, 6.07) is 20.5. The molecule has 5 heteroatoms. The largest absolute Gasteiger partial charge is 0.454 e. The SMILES string of the molecule is O=C(Nc1ccccc1Oc1cccnc1)[C@H]1CCCN(C2Cc3ccccc3C2)C1. The molecule has 1 aromatic heterocycles. The Labute approximate surface area is 183 Å². The third-order valence-electron chi connectivity index (χ3n) is 6.38. The minimum atomic E-state index is -0.0103. The summed E-state index contributed by atoms with van der Waals surface area (Å²) in [4.78, 5) is 19.8. The minimum Gasteiger partial charge on any atom is -0.454 e. The van der Waals surface area contributed by atoms with Crippen molar-refractivity contribution in [3.8, 4) is 11.5 Å². The van der Waals surface area contributed by atoms with Gasteiger partial charge in [0.05, 0.1) is 17.8 Å². The van der Waals surface area contributed by atoms with Gasteiger partial charge in [-0.2, -0.15) is 0 Å². The van der Waals surface area contributed by atoms with E-state index in [2.05, 4.69) is 39.5 Å². The van der Waals surface area contributed by atoms with Crippen molar-refractivity contribution in [3.05, 3.63) is 84.2 Å². The first kappa shape index (κ1) is 19.8. The van der Waals surface area contributed by atoms with Gasteiger partial charge in [-0.05, 0) is 67.6 Å². The Kier molecular flexibility index (Phi) is 5.67. The highest BCUT2D eigenvalue weighted by atomic mass is 16.5. The fraction of sp³-hybridized carbons (Fsp3) is 0.308. The van der Waals surface area contributed by atoms with Crippen LogP contribution in [0, 0.1) is 5.92 Å². The second kappa shape index (κ2) is 8.90. The highest BCUT2D eigenvalue weighted by Gasteiger charge is 2.33. The molecule has 1 N–H and O–H groups in total. The molecule has 0 spiro atoms. The maximum atomic E-state index is 13.1. The number of pyridine rings is 1. The predicted molar refractivity (Wildman–Crippen MR) is 121 cm³/mol. The molecule has 0 bridgehead atoms. The molecule has 2 heterocycles. The molecule has 5 rings (SSSR count). The van der Waals surface area contributed by atoms with E-state index in [4.69, 9.17) is 4.74 Å². The van der Waals surface area contributed by atoms with Gasteiger partial charge < -0.3 is 10.1 Å². The lowest BCUT2D eigenvalue weighted by Crippen LogP contribution is -2.46. The number of benzene rings is 2. The van der Waals surface area contributed by atoms with E-state index in [1.165, 1.54) is 11.1 Å².